The zero-order chi connectivity index (χ0) is 18.4. The first kappa shape index (κ1) is 20.0. The van der Waals surface area contributed by atoms with Crippen molar-refractivity contribution in [3.8, 4) is 0 Å². The van der Waals surface area contributed by atoms with E-state index in [4.69, 9.17) is 4.99 Å². The first-order chi connectivity index (χ1) is 12.5. The van der Waals surface area contributed by atoms with Gasteiger partial charge in [0.05, 0.1) is 11.5 Å². The van der Waals surface area contributed by atoms with Gasteiger partial charge in [0.25, 0.3) is 0 Å². The summed E-state index contributed by atoms with van der Waals surface area (Å²) in [5, 5.41) is 7.27. The zero-order valence-electron chi connectivity index (χ0n) is 16.4. The first-order valence-electron chi connectivity index (χ1n) is 10.8. The zero-order valence-corrected chi connectivity index (χ0v) is 17.2. The van der Waals surface area contributed by atoms with Crippen LogP contribution >= 0.6 is 0 Å². The molecule has 0 amide bonds. The molecule has 26 heavy (non-hydrogen) atoms. The van der Waals surface area contributed by atoms with E-state index in [1.165, 1.54) is 57.8 Å². The SMILES string of the molecule is CC1CCCCC1NC(=NCC1CCS(=O)(=O)C1)NCC1CCCCC1. The number of hydrogen-bond donors (Lipinski definition) is 2. The lowest BCUT2D eigenvalue weighted by Crippen LogP contribution is -2.48. The lowest BCUT2D eigenvalue weighted by atomic mass is 9.86. The van der Waals surface area contributed by atoms with E-state index in [2.05, 4.69) is 17.6 Å². The maximum atomic E-state index is 11.7. The van der Waals surface area contributed by atoms with Crippen molar-refractivity contribution >= 4 is 15.8 Å². The van der Waals surface area contributed by atoms with Crippen molar-refractivity contribution in [1.82, 2.24) is 10.6 Å². The second kappa shape index (κ2) is 9.43. The van der Waals surface area contributed by atoms with Gasteiger partial charge in [-0.1, -0.05) is 39.0 Å². The minimum atomic E-state index is -2.82. The summed E-state index contributed by atoms with van der Waals surface area (Å²) in [6.45, 7) is 3.95. The molecule has 0 radical (unpaired) electrons. The Morgan fingerprint density at radius 3 is 2.38 bits per heavy atom. The molecule has 0 aromatic rings. The molecule has 2 aliphatic carbocycles. The maximum Gasteiger partial charge on any atom is 0.191 e. The van der Waals surface area contributed by atoms with Crippen LogP contribution in [0.25, 0.3) is 0 Å². The second-order valence-electron chi connectivity index (χ2n) is 8.86. The number of guanidine groups is 1. The highest BCUT2D eigenvalue weighted by atomic mass is 32.2. The summed E-state index contributed by atoms with van der Waals surface area (Å²) in [5.74, 6) is 3.19. The van der Waals surface area contributed by atoms with E-state index in [9.17, 15) is 8.42 Å². The Labute approximate surface area is 159 Å². The molecule has 0 spiro atoms. The van der Waals surface area contributed by atoms with Crippen LogP contribution < -0.4 is 10.6 Å². The van der Waals surface area contributed by atoms with Gasteiger partial charge < -0.3 is 10.6 Å². The van der Waals surface area contributed by atoms with Gasteiger partial charge in [0.1, 0.15) is 0 Å². The molecule has 1 saturated heterocycles. The van der Waals surface area contributed by atoms with Gasteiger partial charge in [-0.15, -0.1) is 0 Å². The van der Waals surface area contributed by atoms with Crippen molar-refractivity contribution in [3.05, 3.63) is 0 Å². The fourth-order valence-electron chi connectivity index (χ4n) is 4.73. The van der Waals surface area contributed by atoms with Crippen LogP contribution in [-0.2, 0) is 9.84 Å². The molecule has 3 atom stereocenters. The van der Waals surface area contributed by atoms with Crippen molar-refractivity contribution in [3.63, 3.8) is 0 Å². The highest BCUT2D eigenvalue weighted by Gasteiger charge is 2.28. The average Bonchev–Trinajstić information content (AvgIpc) is 2.99. The highest BCUT2D eigenvalue weighted by molar-refractivity contribution is 7.91. The summed E-state index contributed by atoms with van der Waals surface area (Å²) >= 11 is 0. The number of aliphatic imine (C=N–C) groups is 1. The van der Waals surface area contributed by atoms with Crippen LogP contribution in [0.1, 0.15) is 71.1 Å². The van der Waals surface area contributed by atoms with Gasteiger partial charge in [-0.3, -0.25) is 4.99 Å². The molecular formula is C20H37N3O2S. The molecule has 6 heteroatoms. The number of nitrogens with zero attached hydrogens (tertiary/aromatic N) is 1. The van der Waals surface area contributed by atoms with Crippen molar-refractivity contribution in [1.29, 1.82) is 0 Å². The maximum absolute atomic E-state index is 11.7. The summed E-state index contributed by atoms with van der Waals surface area (Å²) in [7, 11) is -2.82. The van der Waals surface area contributed by atoms with Gasteiger partial charge in [0.15, 0.2) is 15.8 Å². The molecule has 1 aliphatic heterocycles. The Bertz CT molecular complexity index is 570. The van der Waals surface area contributed by atoms with Crippen molar-refractivity contribution in [2.24, 2.45) is 22.7 Å². The molecular weight excluding hydrogens is 346 g/mol. The molecule has 0 aromatic heterocycles. The van der Waals surface area contributed by atoms with Gasteiger partial charge in [-0.25, -0.2) is 8.42 Å². The minimum absolute atomic E-state index is 0.192. The summed E-state index contributed by atoms with van der Waals surface area (Å²) in [4.78, 5) is 4.81. The van der Waals surface area contributed by atoms with Gasteiger partial charge in [-0.2, -0.15) is 0 Å². The van der Waals surface area contributed by atoms with Crippen molar-refractivity contribution < 1.29 is 8.42 Å². The third kappa shape index (κ3) is 6.14. The first-order valence-corrected chi connectivity index (χ1v) is 12.6. The van der Waals surface area contributed by atoms with E-state index in [1.54, 1.807) is 0 Å². The van der Waals surface area contributed by atoms with Crippen molar-refractivity contribution in [2.45, 2.75) is 77.2 Å². The topological polar surface area (TPSA) is 70.6 Å². The minimum Gasteiger partial charge on any atom is -0.356 e. The second-order valence-corrected chi connectivity index (χ2v) is 11.1. The summed E-state index contributed by atoms with van der Waals surface area (Å²) in [5.41, 5.74) is 0. The summed E-state index contributed by atoms with van der Waals surface area (Å²) in [6.07, 6.45) is 12.6. The molecule has 3 fully saturated rings. The van der Waals surface area contributed by atoms with Crippen LogP contribution in [0.2, 0.25) is 0 Å². The lowest BCUT2D eigenvalue weighted by Gasteiger charge is -2.31. The molecule has 2 saturated carbocycles. The van der Waals surface area contributed by atoms with Crippen molar-refractivity contribution in [2.75, 3.05) is 24.6 Å². The summed E-state index contributed by atoms with van der Waals surface area (Å²) in [6, 6.07) is 0.494. The summed E-state index contributed by atoms with van der Waals surface area (Å²) < 4.78 is 23.4. The quantitative estimate of drug-likeness (QED) is 0.565. The van der Waals surface area contributed by atoms with E-state index >= 15 is 0 Å². The van der Waals surface area contributed by atoms with Gasteiger partial charge in [0.2, 0.25) is 0 Å². The largest absolute Gasteiger partial charge is 0.356 e. The molecule has 0 aromatic carbocycles. The number of sulfone groups is 1. The molecule has 3 unspecified atom stereocenters. The predicted molar refractivity (Wildman–Crippen MR) is 108 cm³/mol. The Hall–Kier alpha value is -0.780. The van der Waals surface area contributed by atoms with E-state index in [-0.39, 0.29) is 5.92 Å². The smallest absolute Gasteiger partial charge is 0.191 e. The predicted octanol–water partition coefficient (Wildman–Crippen LogP) is 3.12. The van der Waals surface area contributed by atoms with E-state index in [0.717, 1.165) is 24.8 Å². The van der Waals surface area contributed by atoms with Gasteiger partial charge in [-0.05, 0) is 49.9 Å². The highest BCUT2D eigenvalue weighted by Crippen LogP contribution is 2.25. The normalized spacial score (nSPS) is 33.1. The van der Waals surface area contributed by atoms with Crippen LogP contribution in [-0.4, -0.2) is 45.0 Å². The van der Waals surface area contributed by atoms with Crippen LogP contribution in [0.15, 0.2) is 4.99 Å². The lowest BCUT2D eigenvalue weighted by molar-refractivity contribution is 0.304. The van der Waals surface area contributed by atoms with Crippen LogP contribution in [0.3, 0.4) is 0 Å². The number of hydrogen-bond acceptors (Lipinski definition) is 3. The van der Waals surface area contributed by atoms with E-state index in [1.807, 2.05) is 0 Å². The standard InChI is InChI=1S/C20H37N3O2S/c1-16-7-5-6-10-19(16)23-20(21-13-17-8-3-2-4-9-17)22-14-18-11-12-26(24,25)15-18/h16-19H,2-15H2,1H3,(H2,21,22,23). The number of nitrogens with one attached hydrogen (secondary N) is 2. The third-order valence-electron chi connectivity index (χ3n) is 6.55. The van der Waals surface area contributed by atoms with Crippen LogP contribution in [0.5, 0.6) is 0 Å². The molecule has 2 N–H and O–H groups in total. The van der Waals surface area contributed by atoms with E-state index in [0.29, 0.717) is 30.0 Å². The Balaban J connectivity index is 1.57. The number of rotatable bonds is 5. The monoisotopic (exact) mass is 383 g/mol. The molecule has 3 rings (SSSR count). The van der Waals surface area contributed by atoms with Gasteiger partial charge in [0, 0.05) is 19.1 Å². The molecule has 5 nitrogen and oxygen atoms in total. The van der Waals surface area contributed by atoms with E-state index < -0.39 is 9.84 Å². The average molecular weight is 384 g/mol. The van der Waals surface area contributed by atoms with Crippen LogP contribution in [0, 0.1) is 17.8 Å². The third-order valence-corrected chi connectivity index (χ3v) is 8.39. The fourth-order valence-corrected chi connectivity index (χ4v) is 6.58. The molecule has 0 bridgehead atoms. The Morgan fingerprint density at radius 1 is 0.962 bits per heavy atom. The molecule has 3 aliphatic rings. The molecule has 150 valence electrons. The Kier molecular flexibility index (Phi) is 7.24. The molecule has 1 heterocycles. The Morgan fingerprint density at radius 2 is 1.69 bits per heavy atom. The fraction of sp³-hybridized carbons (Fsp3) is 0.950. The van der Waals surface area contributed by atoms with Crippen LogP contribution in [0.4, 0.5) is 0 Å². The van der Waals surface area contributed by atoms with Gasteiger partial charge >= 0.3 is 0 Å².